The van der Waals surface area contributed by atoms with E-state index < -0.39 is 0 Å². The molecule has 0 aromatic heterocycles. The van der Waals surface area contributed by atoms with Crippen LogP contribution in [0.1, 0.15) is 84.5 Å². The summed E-state index contributed by atoms with van der Waals surface area (Å²) in [6.45, 7) is 4.83. The van der Waals surface area contributed by atoms with E-state index in [2.05, 4.69) is 23.3 Å². The molecule has 19 heavy (non-hydrogen) atoms. The van der Waals surface area contributed by atoms with Crippen molar-refractivity contribution in [1.82, 2.24) is 0 Å². The maximum Gasteiger partial charge on any atom is 0.0771 e. The smallest absolute Gasteiger partial charge is 0.0771 e. The fourth-order valence-electron chi connectivity index (χ4n) is 4.89. The van der Waals surface area contributed by atoms with Crippen LogP contribution in [0, 0.1) is 17.8 Å². The molecule has 0 amide bonds. The van der Waals surface area contributed by atoms with Gasteiger partial charge in [-0.15, -0.1) is 0 Å². The molecule has 3 unspecified atom stereocenters. The number of hydrogen-bond donors (Lipinski definition) is 0. The van der Waals surface area contributed by atoms with Crippen LogP contribution in [-0.2, 0) is 4.52 Å². The van der Waals surface area contributed by atoms with Crippen LogP contribution in [0.3, 0.4) is 0 Å². The Morgan fingerprint density at radius 2 is 1.53 bits per heavy atom. The summed E-state index contributed by atoms with van der Waals surface area (Å²) in [6, 6.07) is 0. The maximum absolute atomic E-state index is 6.16. The van der Waals surface area contributed by atoms with Gasteiger partial charge in [-0.1, -0.05) is 65.2 Å². The summed E-state index contributed by atoms with van der Waals surface area (Å²) in [7, 11) is 2.63. The van der Waals surface area contributed by atoms with Gasteiger partial charge in [0.25, 0.3) is 0 Å². The van der Waals surface area contributed by atoms with E-state index in [9.17, 15) is 0 Å². The highest BCUT2D eigenvalue weighted by atomic mass is 31.0. The standard InChI is InChI=1S/C17H33OP/c1-3-17(18-19,16-12-8-5-9-13-16)14(2)15-10-6-4-7-11-15/h14-16H,3-13,19H2,1-2H3. The van der Waals surface area contributed by atoms with E-state index in [1.807, 2.05) is 0 Å². The van der Waals surface area contributed by atoms with E-state index in [-0.39, 0.29) is 5.60 Å². The number of hydrogen-bond acceptors (Lipinski definition) is 1. The fraction of sp³-hybridized carbons (Fsp3) is 1.00. The van der Waals surface area contributed by atoms with E-state index in [1.54, 1.807) is 0 Å². The van der Waals surface area contributed by atoms with Gasteiger partial charge in [-0.25, -0.2) is 0 Å². The third-order valence-electron chi connectivity index (χ3n) is 6.20. The summed E-state index contributed by atoms with van der Waals surface area (Å²) in [5.74, 6) is 2.41. The van der Waals surface area contributed by atoms with Gasteiger partial charge < -0.3 is 4.52 Å². The molecular weight excluding hydrogens is 251 g/mol. The summed E-state index contributed by atoms with van der Waals surface area (Å²) in [5.41, 5.74) is 0.132. The Kier molecular flexibility index (Phi) is 6.15. The van der Waals surface area contributed by atoms with Gasteiger partial charge in [-0.3, -0.25) is 0 Å². The molecule has 2 heteroatoms. The Labute approximate surface area is 122 Å². The van der Waals surface area contributed by atoms with Crippen LogP contribution in [0.15, 0.2) is 0 Å². The lowest BCUT2D eigenvalue weighted by molar-refractivity contribution is -0.0674. The Morgan fingerprint density at radius 3 is 2.00 bits per heavy atom. The SMILES string of the molecule is CCC(OP)(C1CCCCC1)C(C)C1CCCCC1. The Morgan fingerprint density at radius 1 is 1.00 bits per heavy atom. The molecule has 2 aliphatic carbocycles. The summed E-state index contributed by atoms with van der Waals surface area (Å²) in [6.07, 6.45) is 15.4. The van der Waals surface area contributed by atoms with Crippen LogP contribution < -0.4 is 0 Å². The van der Waals surface area contributed by atoms with Crippen molar-refractivity contribution in [3.8, 4) is 0 Å². The van der Waals surface area contributed by atoms with Crippen LogP contribution >= 0.6 is 9.47 Å². The molecule has 1 nitrogen and oxygen atoms in total. The van der Waals surface area contributed by atoms with E-state index in [1.165, 1.54) is 70.6 Å². The summed E-state index contributed by atoms with van der Waals surface area (Å²) in [5, 5.41) is 0. The van der Waals surface area contributed by atoms with Crippen LogP contribution in [-0.4, -0.2) is 5.60 Å². The maximum atomic E-state index is 6.16. The second kappa shape index (κ2) is 7.41. The zero-order valence-electron chi connectivity index (χ0n) is 13.0. The average molecular weight is 284 g/mol. The average Bonchev–Trinajstić information content (AvgIpc) is 2.51. The first-order valence-electron chi connectivity index (χ1n) is 8.62. The van der Waals surface area contributed by atoms with Crippen molar-refractivity contribution in [2.45, 2.75) is 90.1 Å². The number of rotatable bonds is 5. The predicted octanol–water partition coefficient (Wildman–Crippen LogP) is 5.74. The second-order valence-electron chi connectivity index (χ2n) is 6.95. The molecule has 0 bridgehead atoms. The lowest BCUT2D eigenvalue weighted by Gasteiger charge is -2.48. The van der Waals surface area contributed by atoms with Crippen molar-refractivity contribution in [2.75, 3.05) is 0 Å². The molecule has 112 valence electrons. The van der Waals surface area contributed by atoms with Gasteiger partial charge in [0.2, 0.25) is 0 Å². The molecular formula is C17H33OP. The minimum atomic E-state index is 0.132. The van der Waals surface area contributed by atoms with Gasteiger partial charge in [0, 0.05) is 9.47 Å². The second-order valence-corrected chi connectivity index (χ2v) is 7.18. The largest absolute Gasteiger partial charge is 0.359 e. The highest BCUT2D eigenvalue weighted by molar-refractivity contribution is 7.09. The molecule has 3 atom stereocenters. The predicted molar refractivity (Wildman–Crippen MR) is 86.1 cm³/mol. The molecule has 0 N–H and O–H groups in total. The van der Waals surface area contributed by atoms with E-state index in [0.717, 1.165) is 17.8 Å². The zero-order valence-corrected chi connectivity index (χ0v) is 14.2. The highest BCUT2D eigenvalue weighted by Crippen LogP contribution is 2.48. The van der Waals surface area contributed by atoms with Crippen molar-refractivity contribution >= 4 is 9.47 Å². The highest BCUT2D eigenvalue weighted by Gasteiger charge is 2.45. The summed E-state index contributed by atoms with van der Waals surface area (Å²) >= 11 is 0. The Bertz CT molecular complexity index is 250. The van der Waals surface area contributed by atoms with E-state index in [0.29, 0.717) is 0 Å². The first-order chi connectivity index (χ1) is 9.24. The molecule has 2 saturated carbocycles. The topological polar surface area (TPSA) is 9.23 Å². The van der Waals surface area contributed by atoms with Crippen molar-refractivity contribution in [3.63, 3.8) is 0 Å². The third kappa shape index (κ3) is 3.35. The minimum Gasteiger partial charge on any atom is -0.359 e. The normalized spacial score (nSPS) is 27.9. The summed E-state index contributed by atoms with van der Waals surface area (Å²) < 4.78 is 6.16. The molecule has 0 aromatic rings. The van der Waals surface area contributed by atoms with Gasteiger partial charge in [-0.2, -0.15) is 0 Å². The van der Waals surface area contributed by atoms with E-state index in [4.69, 9.17) is 4.52 Å². The van der Waals surface area contributed by atoms with Crippen LogP contribution in [0.2, 0.25) is 0 Å². The van der Waals surface area contributed by atoms with Gasteiger partial charge in [0.1, 0.15) is 0 Å². The van der Waals surface area contributed by atoms with Gasteiger partial charge >= 0.3 is 0 Å². The van der Waals surface area contributed by atoms with Gasteiger partial charge in [0.15, 0.2) is 0 Å². The monoisotopic (exact) mass is 284 g/mol. The van der Waals surface area contributed by atoms with Crippen molar-refractivity contribution in [2.24, 2.45) is 17.8 Å². The molecule has 2 fully saturated rings. The fourth-order valence-corrected chi connectivity index (χ4v) is 5.47. The Hall–Kier alpha value is 0.390. The van der Waals surface area contributed by atoms with Crippen molar-refractivity contribution < 1.29 is 4.52 Å². The van der Waals surface area contributed by atoms with Gasteiger partial charge in [-0.05, 0) is 37.0 Å². The molecule has 2 rings (SSSR count). The van der Waals surface area contributed by atoms with Gasteiger partial charge in [0.05, 0.1) is 5.60 Å². The summed E-state index contributed by atoms with van der Waals surface area (Å²) in [4.78, 5) is 0. The first-order valence-corrected chi connectivity index (χ1v) is 9.09. The molecule has 0 heterocycles. The molecule has 0 aliphatic heterocycles. The zero-order chi connectivity index (χ0) is 13.7. The molecule has 0 radical (unpaired) electrons. The minimum absolute atomic E-state index is 0.132. The van der Waals surface area contributed by atoms with Crippen LogP contribution in [0.5, 0.6) is 0 Å². The lowest BCUT2D eigenvalue weighted by atomic mass is 9.64. The third-order valence-corrected chi connectivity index (χ3v) is 6.63. The lowest BCUT2D eigenvalue weighted by Crippen LogP contribution is -2.48. The molecule has 2 aliphatic rings. The Balaban J connectivity index is 2.11. The van der Waals surface area contributed by atoms with Crippen molar-refractivity contribution in [3.05, 3.63) is 0 Å². The van der Waals surface area contributed by atoms with Crippen molar-refractivity contribution in [1.29, 1.82) is 0 Å². The van der Waals surface area contributed by atoms with E-state index >= 15 is 0 Å². The quantitative estimate of drug-likeness (QED) is 0.585. The molecule has 0 aromatic carbocycles. The van der Waals surface area contributed by atoms with Crippen LogP contribution in [0.25, 0.3) is 0 Å². The first kappa shape index (κ1) is 15.8. The molecule has 0 saturated heterocycles. The molecule has 0 spiro atoms. The van der Waals surface area contributed by atoms with Crippen LogP contribution in [0.4, 0.5) is 0 Å².